The van der Waals surface area contributed by atoms with E-state index in [0.29, 0.717) is 5.41 Å². The topological polar surface area (TPSA) is 32.5 Å². The molecular formula is C13H29N3. The van der Waals surface area contributed by atoms with Gasteiger partial charge in [-0.1, -0.05) is 20.8 Å². The zero-order chi connectivity index (χ0) is 12.2. The Morgan fingerprint density at radius 3 is 2.25 bits per heavy atom. The molecule has 96 valence electrons. The number of rotatable bonds is 4. The number of hydrogen-bond donors (Lipinski definition) is 1. The van der Waals surface area contributed by atoms with Crippen LogP contribution in [-0.4, -0.2) is 55.6 Å². The predicted molar refractivity (Wildman–Crippen MR) is 70.6 cm³/mol. The van der Waals surface area contributed by atoms with Crippen LogP contribution in [0.4, 0.5) is 0 Å². The third kappa shape index (κ3) is 4.81. The standard InChI is InChI=1S/C13H29N3/c1-13(2,3)11-15(4)12-5-8-16(9-6-12)10-7-14/h12H,5-11,14H2,1-4H3. The van der Waals surface area contributed by atoms with Gasteiger partial charge < -0.3 is 15.5 Å². The number of likely N-dealkylation sites (tertiary alicyclic amines) is 1. The number of nitrogens with zero attached hydrogens (tertiary/aromatic N) is 2. The highest BCUT2D eigenvalue weighted by molar-refractivity contribution is 4.80. The number of piperidine rings is 1. The van der Waals surface area contributed by atoms with Crippen molar-refractivity contribution in [2.75, 3.05) is 39.8 Å². The van der Waals surface area contributed by atoms with Crippen LogP contribution < -0.4 is 5.73 Å². The maximum Gasteiger partial charge on any atom is 0.0117 e. The molecule has 0 bridgehead atoms. The average molecular weight is 227 g/mol. The van der Waals surface area contributed by atoms with Gasteiger partial charge in [0.2, 0.25) is 0 Å². The van der Waals surface area contributed by atoms with Gasteiger partial charge in [0, 0.05) is 25.7 Å². The number of nitrogens with two attached hydrogens (primary N) is 1. The molecule has 0 radical (unpaired) electrons. The van der Waals surface area contributed by atoms with Crippen molar-refractivity contribution in [1.82, 2.24) is 9.80 Å². The molecule has 3 heteroatoms. The first kappa shape index (κ1) is 13.9. The molecule has 16 heavy (non-hydrogen) atoms. The molecule has 2 N–H and O–H groups in total. The van der Waals surface area contributed by atoms with Crippen molar-refractivity contribution in [3.05, 3.63) is 0 Å². The third-order valence-electron chi connectivity index (χ3n) is 3.35. The summed E-state index contributed by atoms with van der Waals surface area (Å²) < 4.78 is 0. The van der Waals surface area contributed by atoms with Crippen LogP contribution in [0.15, 0.2) is 0 Å². The van der Waals surface area contributed by atoms with Crippen LogP contribution in [0.3, 0.4) is 0 Å². The molecule has 0 aromatic heterocycles. The second-order valence-electron chi connectivity index (χ2n) is 6.34. The Balaban J connectivity index is 2.30. The average Bonchev–Trinajstić information content (AvgIpc) is 2.16. The summed E-state index contributed by atoms with van der Waals surface area (Å²) in [5.74, 6) is 0. The van der Waals surface area contributed by atoms with E-state index in [2.05, 4.69) is 37.6 Å². The van der Waals surface area contributed by atoms with Gasteiger partial charge in [-0.15, -0.1) is 0 Å². The lowest BCUT2D eigenvalue weighted by molar-refractivity contribution is 0.103. The van der Waals surface area contributed by atoms with Crippen LogP contribution in [0, 0.1) is 5.41 Å². The van der Waals surface area contributed by atoms with Gasteiger partial charge in [-0.25, -0.2) is 0 Å². The van der Waals surface area contributed by atoms with Gasteiger partial charge in [-0.05, 0) is 38.4 Å². The fourth-order valence-electron chi connectivity index (χ4n) is 2.64. The quantitative estimate of drug-likeness (QED) is 0.788. The van der Waals surface area contributed by atoms with Crippen molar-refractivity contribution >= 4 is 0 Å². The summed E-state index contributed by atoms with van der Waals surface area (Å²) in [5, 5.41) is 0. The van der Waals surface area contributed by atoms with Crippen molar-refractivity contribution < 1.29 is 0 Å². The first-order valence-electron chi connectivity index (χ1n) is 6.55. The molecule has 0 atom stereocenters. The summed E-state index contributed by atoms with van der Waals surface area (Å²) in [6.07, 6.45) is 2.60. The van der Waals surface area contributed by atoms with Crippen LogP contribution >= 0.6 is 0 Å². The molecule has 0 aliphatic carbocycles. The lowest BCUT2D eigenvalue weighted by Gasteiger charge is -2.39. The molecule has 1 aliphatic heterocycles. The Morgan fingerprint density at radius 1 is 1.25 bits per heavy atom. The van der Waals surface area contributed by atoms with Gasteiger partial charge in [0.05, 0.1) is 0 Å². The molecule has 0 aromatic carbocycles. The fraction of sp³-hybridized carbons (Fsp3) is 1.00. The zero-order valence-corrected chi connectivity index (χ0v) is 11.5. The number of hydrogen-bond acceptors (Lipinski definition) is 3. The summed E-state index contributed by atoms with van der Waals surface area (Å²) in [6, 6.07) is 0.772. The summed E-state index contributed by atoms with van der Waals surface area (Å²) in [7, 11) is 2.27. The van der Waals surface area contributed by atoms with Crippen molar-refractivity contribution in [2.45, 2.75) is 39.7 Å². The molecule has 0 saturated carbocycles. The summed E-state index contributed by atoms with van der Waals surface area (Å²) in [5.41, 5.74) is 5.99. The van der Waals surface area contributed by atoms with Gasteiger partial charge in [-0.3, -0.25) is 0 Å². The molecule has 0 aromatic rings. The zero-order valence-electron chi connectivity index (χ0n) is 11.5. The van der Waals surface area contributed by atoms with Crippen molar-refractivity contribution in [1.29, 1.82) is 0 Å². The van der Waals surface area contributed by atoms with Crippen LogP contribution in [0.2, 0.25) is 0 Å². The Hall–Kier alpha value is -0.120. The molecule has 0 spiro atoms. The molecule has 0 amide bonds. The highest BCUT2D eigenvalue weighted by Gasteiger charge is 2.24. The van der Waals surface area contributed by atoms with Gasteiger partial charge in [-0.2, -0.15) is 0 Å². The predicted octanol–water partition coefficient (Wildman–Crippen LogP) is 1.39. The maximum absolute atomic E-state index is 5.58. The smallest absolute Gasteiger partial charge is 0.0117 e. The molecule has 0 unspecified atom stereocenters. The molecule has 1 aliphatic rings. The molecule has 3 nitrogen and oxygen atoms in total. The van der Waals surface area contributed by atoms with E-state index in [0.717, 1.165) is 19.1 Å². The molecule has 1 saturated heterocycles. The molecule has 1 rings (SSSR count). The Morgan fingerprint density at radius 2 is 1.81 bits per heavy atom. The van der Waals surface area contributed by atoms with Crippen LogP contribution in [0.5, 0.6) is 0 Å². The SMILES string of the molecule is CN(CC(C)(C)C)C1CCN(CCN)CC1. The fourth-order valence-corrected chi connectivity index (χ4v) is 2.64. The second kappa shape index (κ2) is 5.99. The van der Waals surface area contributed by atoms with E-state index < -0.39 is 0 Å². The van der Waals surface area contributed by atoms with Crippen LogP contribution in [0.1, 0.15) is 33.6 Å². The van der Waals surface area contributed by atoms with Gasteiger partial charge in [0.1, 0.15) is 0 Å². The minimum absolute atomic E-state index is 0.406. The van der Waals surface area contributed by atoms with Gasteiger partial charge in [0.25, 0.3) is 0 Å². The highest BCUT2D eigenvalue weighted by Crippen LogP contribution is 2.20. The van der Waals surface area contributed by atoms with Crippen molar-refractivity contribution in [2.24, 2.45) is 11.1 Å². The van der Waals surface area contributed by atoms with Crippen LogP contribution in [0.25, 0.3) is 0 Å². The van der Waals surface area contributed by atoms with Crippen LogP contribution in [-0.2, 0) is 0 Å². The summed E-state index contributed by atoms with van der Waals surface area (Å²) in [6.45, 7) is 12.4. The minimum atomic E-state index is 0.406. The molecule has 1 fully saturated rings. The lowest BCUT2D eigenvalue weighted by atomic mass is 9.94. The normalized spacial score (nSPS) is 20.6. The highest BCUT2D eigenvalue weighted by atomic mass is 15.2. The van der Waals surface area contributed by atoms with E-state index in [1.807, 2.05) is 0 Å². The van der Waals surface area contributed by atoms with E-state index in [-0.39, 0.29) is 0 Å². The minimum Gasteiger partial charge on any atom is -0.329 e. The first-order valence-corrected chi connectivity index (χ1v) is 6.55. The van der Waals surface area contributed by atoms with Gasteiger partial charge >= 0.3 is 0 Å². The van der Waals surface area contributed by atoms with Crippen molar-refractivity contribution in [3.8, 4) is 0 Å². The second-order valence-corrected chi connectivity index (χ2v) is 6.34. The molecule has 1 heterocycles. The van der Waals surface area contributed by atoms with E-state index in [1.54, 1.807) is 0 Å². The molecular weight excluding hydrogens is 198 g/mol. The Labute approximate surface area is 101 Å². The monoisotopic (exact) mass is 227 g/mol. The maximum atomic E-state index is 5.58. The van der Waals surface area contributed by atoms with E-state index in [4.69, 9.17) is 5.73 Å². The van der Waals surface area contributed by atoms with Gasteiger partial charge in [0.15, 0.2) is 0 Å². The summed E-state index contributed by atoms with van der Waals surface area (Å²) >= 11 is 0. The van der Waals surface area contributed by atoms with E-state index in [1.165, 1.54) is 32.5 Å². The Bertz CT molecular complexity index is 190. The lowest BCUT2D eigenvalue weighted by Crippen LogP contribution is -2.46. The third-order valence-corrected chi connectivity index (χ3v) is 3.35. The van der Waals surface area contributed by atoms with Crippen molar-refractivity contribution in [3.63, 3.8) is 0 Å². The first-order chi connectivity index (χ1) is 7.42. The Kier molecular flexibility index (Phi) is 5.22. The van der Waals surface area contributed by atoms with E-state index in [9.17, 15) is 0 Å². The summed E-state index contributed by atoms with van der Waals surface area (Å²) in [4.78, 5) is 5.03. The largest absolute Gasteiger partial charge is 0.329 e. The van der Waals surface area contributed by atoms with E-state index >= 15 is 0 Å².